The molecule has 0 radical (unpaired) electrons. The molecule has 0 spiro atoms. The van der Waals surface area contributed by atoms with Gasteiger partial charge in [-0.2, -0.15) is 10.5 Å². The van der Waals surface area contributed by atoms with Crippen LogP contribution in [0.5, 0.6) is 0 Å². The molecule has 7 nitrogen and oxygen atoms in total. The Morgan fingerprint density at radius 1 is 0.595 bits per heavy atom. The summed E-state index contributed by atoms with van der Waals surface area (Å²) in [6.07, 6.45) is 18.0. The highest BCUT2D eigenvalue weighted by atomic mass is 31.2. The molecule has 5 rings (SSSR count). The van der Waals surface area contributed by atoms with Gasteiger partial charge in [-0.1, -0.05) is 38.5 Å². The highest BCUT2D eigenvalue weighted by Gasteiger charge is 2.53. The van der Waals surface area contributed by atoms with E-state index in [1.54, 1.807) is 0 Å². The fourth-order valence-electron chi connectivity index (χ4n) is 9.18. The SMILES string of the molecule is [C-]#[N+]C1CCC(OC2CCC(OC3CCC(C#N)C(C#N)C3)C(P(=O)(C3CCCCC3)C3CCCCC3)C2)CC1[N+]#[C-]. The molecule has 0 amide bonds. The average Bonchev–Trinajstić information content (AvgIpc) is 3.05. The summed E-state index contributed by atoms with van der Waals surface area (Å²) < 4.78 is 29.6. The Balaban J connectivity index is 1.38. The summed E-state index contributed by atoms with van der Waals surface area (Å²) >= 11 is 0. The zero-order chi connectivity index (χ0) is 29.5. The molecule has 5 saturated carbocycles. The Morgan fingerprint density at radius 3 is 1.74 bits per heavy atom. The van der Waals surface area contributed by atoms with Crippen molar-refractivity contribution in [2.45, 2.75) is 175 Å². The Bertz CT molecular complexity index is 1100. The minimum absolute atomic E-state index is 0.00777. The summed E-state index contributed by atoms with van der Waals surface area (Å²) in [7, 11) is -2.64. The average molecular weight is 593 g/mol. The van der Waals surface area contributed by atoms with E-state index in [0.29, 0.717) is 19.3 Å². The van der Waals surface area contributed by atoms with Crippen LogP contribution in [0.2, 0.25) is 0 Å². The third-order valence-electron chi connectivity index (χ3n) is 11.5. The van der Waals surface area contributed by atoms with E-state index in [2.05, 4.69) is 21.8 Å². The third kappa shape index (κ3) is 6.92. The van der Waals surface area contributed by atoms with Crippen LogP contribution in [0.4, 0.5) is 0 Å². The number of hydrogen-bond acceptors (Lipinski definition) is 5. The standard InChI is InChI=1S/C34H49N4O3P/c1-37-31-17-15-27(20-32(31)38-2)40-28-16-18-33(41-26-14-13-24(22-35)25(19-26)23-36)34(21-28)42(39,29-9-5-3-6-10-29)30-11-7-4-8-12-30/h24-34H,3-21H2. The molecule has 5 fully saturated rings. The molecule has 5 aliphatic rings. The van der Waals surface area contributed by atoms with Gasteiger partial charge in [0.25, 0.3) is 12.1 Å². The van der Waals surface area contributed by atoms with Crippen LogP contribution in [0.25, 0.3) is 9.69 Å². The molecule has 0 aromatic heterocycles. The molecule has 0 aliphatic heterocycles. The number of ether oxygens (including phenoxy) is 2. The predicted molar refractivity (Wildman–Crippen MR) is 163 cm³/mol. The first-order valence-electron chi connectivity index (χ1n) is 16.9. The molecular formula is C34H49N4O3P. The quantitative estimate of drug-likeness (QED) is 0.219. The van der Waals surface area contributed by atoms with Crippen LogP contribution in [-0.2, 0) is 14.0 Å². The summed E-state index contributed by atoms with van der Waals surface area (Å²) in [5, 5.41) is 19.3. The van der Waals surface area contributed by atoms with Crippen molar-refractivity contribution in [2.75, 3.05) is 0 Å². The van der Waals surface area contributed by atoms with Crippen LogP contribution in [0.3, 0.4) is 0 Å². The summed E-state index contributed by atoms with van der Waals surface area (Å²) in [4.78, 5) is 7.48. The Hall–Kier alpha value is -1.89. The largest absolute Gasteiger partial charge is 0.375 e. The van der Waals surface area contributed by atoms with Gasteiger partial charge >= 0.3 is 0 Å². The molecule has 228 valence electrons. The maximum Gasteiger partial charge on any atom is 0.299 e. The van der Waals surface area contributed by atoms with Crippen molar-refractivity contribution in [1.82, 2.24) is 0 Å². The van der Waals surface area contributed by atoms with Gasteiger partial charge in [-0.25, -0.2) is 13.1 Å². The normalized spacial score (nSPS) is 38.8. The molecular weight excluding hydrogens is 543 g/mol. The zero-order valence-electron chi connectivity index (χ0n) is 25.2. The number of nitriles is 2. The summed E-state index contributed by atoms with van der Waals surface area (Å²) in [5.74, 6) is -0.515. The molecule has 9 atom stereocenters. The van der Waals surface area contributed by atoms with Gasteiger partial charge in [0.05, 0.1) is 62.0 Å². The van der Waals surface area contributed by atoms with Crippen molar-refractivity contribution in [3.63, 3.8) is 0 Å². The van der Waals surface area contributed by atoms with E-state index in [1.807, 2.05) is 0 Å². The van der Waals surface area contributed by atoms with Crippen molar-refractivity contribution < 1.29 is 14.0 Å². The number of hydrogen-bond donors (Lipinski definition) is 0. The van der Waals surface area contributed by atoms with Gasteiger partial charge in [0.15, 0.2) is 0 Å². The van der Waals surface area contributed by atoms with E-state index >= 15 is 4.57 Å². The van der Waals surface area contributed by atoms with Gasteiger partial charge in [0.1, 0.15) is 0 Å². The second kappa shape index (κ2) is 14.7. The van der Waals surface area contributed by atoms with Gasteiger partial charge in [0.2, 0.25) is 0 Å². The first-order valence-corrected chi connectivity index (χ1v) is 18.8. The lowest BCUT2D eigenvalue weighted by Gasteiger charge is -2.49. The first kappa shape index (κ1) is 31.5. The number of rotatable bonds is 7. The Morgan fingerprint density at radius 2 is 1.14 bits per heavy atom. The molecule has 5 aliphatic carbocycles. The van der Waals surface area contributed by atoms with E-state index in [0.717, 1.165) is 64.2 Å². The highest BCUT2D eigenvalue weighted by Crippen LogP contribution is 2.69. The second-order valence-corrected chi connectivity index (χ2v) is 17.5. The van der Waals surface area contributed by atoms with E-state index in [4.69, 9.17) is 22.6 Å². The van der Waals surface area contributed by atoms with E-state index in [-0.39, 0.29) is 65.3 Å². The maximum absolute atomic E-state index is 15.9. The molecule has 0 N–H and O–H groups in total. The first-order chi connectivity index (χ1) is 20.5. The van der Waals surface area contributed by atoms with Crippen molar-refractivity contribution >= 4 is 7.14 Å². The van der Waals surface area contributed by atoms with Crippen LogP contribution in [0, 0.1) is 47.6 Å². The molecule has 9 unspecified atom stereocenters. The summed E-state index contributed by atoms with van der Waals surface area (Å²) in [6, 6.07) is 4.20. The van der Waals surface area contributed by atoms with Gasteiger partial charge < -0.3 is 23.7 Å². The highest BCUT2D eigenvalue weighted by molar-refractivity contribution is 7.66. The predicted octanol–water partition coefficient (Wildman–Crippen LogP) is 8.30. The lowest BCUT2D eigenvalue weighted by Crippen LogP contribution is -2.47. The molecule has 42 heavy (non-hydrogen) atoms. The van der Waals surface area contributed by atoms with Crippen LogP contribution in [0.15, 0.2) is 0 Å². The smallest absolute Gasteiger partial charge is 0.299 e. The van der Waals surface area contributed by atoms with Crippen LogP contribution in [0.1, 0.15) is 122 Å². The van der Waals surface area contributed by atoms with Crippen molar-refractivity contribution in [1.29, 1.82) is 10.5 Å². The van der Waals surface area contributed by atoms with Crippen molar-refractivity contribution in [2.24, 2.45) is 11.8 Å². The number of nitrogens with zero attached hydrogens (tertiary/aromatic N) is 4. The molecule has 0 aromatic carbocycles. The van der Waals surface area contributed by atoms with Crippen LogP contribution in [-0.4, -0.2) is 53.5 Å². The molecule has 0 aromatic rings. The molecule has 0 saturated heterocycles. The van der Waals surface area contributed by atoms with E-state index in [1.165, 1.54) is 38.5 Å². The van der Waals surface area contributed by atoms with Crippen LogP contribution >= 0.6 is 7.14 Å². The maximum atomic E-state index is 15.9. The van der Waals surface area contributed by atoms with Gasteiger partial charge in [-0.05, 0) is 70.6 Å². The zero-order valence-corrected chi connectivity index (χ0v) is 26.1. The molecule has 0 heterocycles. The third-order valence-corrected chi connectivity index (χ3v) is 16.4. The van der Waals surface area contributed by atoms with Crippen LogP contribution < -0.4 is 0 Å². The van der Waals surface area contributed by atoms with E-state index < -0.39 is 7.14 Å². The van der Waals surface area contributed by atoms with E-state index in [9.17, 15) is 10.5 Å². The van der Waals surface area contributed by atoms with Gasteiger partial charge in [-0.15, -0.1) is 0 Å². The lowest BCUT2D eigenvalue weighted by molar-refractivity contribution is -0.0947. The fraction of sp³-hybridized carbons (Fsp3) is 0.882. The minimum atomic E-state index is -2.64. The van der Waals surface area contributed by atoms with Gasteiger partial charge in [0, 0.05) is 23.4 Å². The van der Waals surface area contributed by atoms with Gasteiger partial charge in [-0.3, -0.25) is 0 Å². The minimum Gasteiger partial charge on any atom is -0.375 e. The Kier molecular flexibility index (Phi) is 11.1. The Labute approximate surface area is 253 Å². The van der Waals surface area contributed by atoms with Crippen molar-refractivity contribution in [3.8, 4) is 12.1 Å². The second-order valence-electron chi connectivity index (χ2n) is 13.9. The lowest BCUT2D eigenvalue weighted by atomic mass is 9.79. The topological polar surface area (TPSA) is 91.8 Å². The van der Waals surface area contributed by atoms with Crippen molar-refractivity contribution in [3.05, 3.63) is 22.8 Å². The summed E-state index contributed by atoms with van der Waals surface area (Å²) in [5.41, 5.74) is 0.546. The summed E-state index contributed by atoms with van der Waals surface area (Å²) in [6.45, 7) is 15.1. The monoisotopic (exact) mass is 592 g/mol. The molecule has 0 bridgehead atoms. The molecule has 8 heteroatoms. The fourth-order valence-corrected chi connectivity index (χ4v) is 14.5.